The Labute approximate surface area is 72.7 Å². The van der Waals surface area contributed by atoms with Gasteiger partial charge in [0.2, 0.25) is 0 Å². The van der Waals surface area contributed by atoms with Crippen LogP contribution < -0.4 is 0 Å². The number of esters is 1. The fraction of sp³-hybridized carbons (Fsp3) is 0.889. The summed E-state index contributed by atoms with van der Waals surface area (Å²) in [6, 6.07) is 0.102. The van der Waals surface area contributed by atoms with Crippen molar-refractivity contribution in [2.45, 2.75) is 25.8 Å². The SMILES string of the molecule is CCOC(=O)[C@@H]1C2CCN1CC2. The second kappa shape index (κ2) is 3.05. The Morgan fingerprint density at radius 3 is 2.58 bits per heavy atom. The maximum atomic E-state index is 11.4. The number of hydrogen-bond donors (Lipinski definition) is 0. The van der Waals surface area contributed by atoms with E-state index in [0.29, 0.717) is 12.5 Å². The molecule has 2 fully saturated rings. The van der Waals surface area contributed by atoms with Crippen LogP contribution in [0.15, 0.2) is 0 Å². The summed E-state index contributed by atoms with van der Waals surface area (Å²) in [5.41, 5.74) is 0. The van der Waals surface area contributed by atoms with Gasteiger partial charge < -0.3 is 4.74 Å². The molecule has 0 radical (unpaired) electrons. The normalized spacial score (nSPS) is 38.6. The lowest BCUT2D eigenvalue weighted by Gasteiger charge is -2.16. The van der Waals surface area contributed by atoms with Crippen molar-refractivity contribution < 1.29 is 9.53 Å². The summed E-state index contributed by atoms with van der Waals surface area (Å²) in [7, 11) is 0. The number of carbonyl (C=O) groups excluding carboxylic acids is 1. The monoisotopic (exact) mass is 169 g/mol. The van der Waals surface area contributed by atoms with Gasteiger partial charge in [-0.3, -0.25) is 9.69 Å². The van der Waals surface area contributed by atoms with Crippen molar-refractivity contribution in [1.82, 2.24) is 4.90 Å². The van der Waals surface area contributed by atoms with Crippen LogP contribution in [0.5, 0.6) is 0 Å². The molecule has 1 atom stereocenters. The molecule has 68 valence electrons. The fourth-order valence-corrected chi connectivity index (χ4v) is 2.38. The van der Waals surface area contributed by atoms with Crippen molar-refractivity contribution >= 4 is 5.97 Å². The number of rotatable bonds is 2. The summed E-state index contributed by atoms with van der Waals surface area (Å²) in [5.74, 6) is 0.585. The molecule has 0 aromatic heterocycles. The molecule has 0 aliphatic carbocycles. The minimum atomic E-state index is -0.00231. The fourth-order valence-electron chi connectivity index (χ4n) is 2.38. The van der Waals surface area contributed by atoms with Crippen molar-refractivity contribution in [2.24, 2.45) is 5.92 Å². The third-order valence-corrected chi connectivity index (χ3v) is 2.94. The zero-order chi connectivity index (χ0) is 8.55. The van der Waals surface area contributed by atoms with Crippen molar-refractivity contribution in [3.8, 4) is 0 Å². The minimum Gasteiger partial charge on any atom is -0.465 e. The summed E-state index contributed by atoms with van der Waals surface area (Å²) in [6.07, 6.45) is 2.37. The number of piperidine rings is 1. The Kier molecular flexibility index (Phi) is 2.05. The van der Waals surface area contributed by atoms with Crippen LogP contribution in [-0.2, 0) is 9.53 Å². The maximum absolute atomic E-state index is 11.4. The van der Waals surface area contributed by atoms with Gasteiger partial charge in [0, 0.05) is 0 Å². The predicted molar refractivity (Wildman–Crippen MR) is 44.7 cm³/mol. The predicted octanol–water partition coefficient (Wildman–Crippen LogP) is 0.644. The molecule has 0 aromatic rings. The van der Waals surface area contributed by atoms with Gasteiger partial charge >= 0.3 is 5.97 Å². The molecule has 0 unspecified atom stereocenters. The molecule has 2 bridgehead atoms. The zero-order valence-corrected chi connectivity index (χ0v) is 7.45. The molecule has 2 heterocycles. The first-order valence-electron chi connectivity index (χ1n) is 4.73. The Bertz CT molecular complexity index is 173. The summed E-state index contributed by atoms with van der Waals surface area (Å²) >= 11 is 0. The average molecular weight is 169 g/mol. The van der Waals surface area contributed by atoms with Crippen LogP contribution in [0.25, 0.3) is 0 Å². The van der Waals surface area contributed by atoms with Gasteiger partial charge in [-0.05, 0) is 38.8 Å². The minimum absolute atomic E-state index is 0.00231. The molecule has 0 spiro atoms. The van der Waals surface area contributed by atoms with Crippen molar-refractivity contribution in [3.05, 3.63) is 0 Å². The van der Waals surface area contributed by atoms with Crippen LogP contribution in [0, 0.1) is 5.92 Å². The Morgan fingerprint density at radius 2 is 2.17 bits per heavy atom. The summed E-state index contributed by atoms with van der Waals surface area (Å²) in [5, 5.41) is 0. The van der Waals surface area contributed by atoms with Gasteiger partial charge in [-0.1, -0.05) is 0 Å². The van der Waals surface area contributed by atoms with E-state index in [2.05, 4.69) is 4.90 Å². The summed E-state index contributed by atoms with van der Waals surface area (Å²) < 4.78 is 5.03. The molecule has 2 aliphatic rings. The molecule has 3 heteroatoms. The largest absolute Gasteiger partial charge is 0.465 e. The number of hydrogen-bond acceptors (Lipinski definition) is 3. The highest BCUT2D eigenvalue weighted by Gasteiger charge is 2.44. The van der Waals surface area contributed by atoms with Crippen LogP contribution in [0.3, 0.4) is 0 Å². The van der Waals surface area contributed by atoms with Crippen molar-refractivity contribution in [3.63, 3.8) is 0 Å². The highest BCUT2D eigenvalue weighted by molar-refractivity contribution is 5.77. The van der Waals surface area contributed by atoms with Crippen LogP contribution in [0.2, 0.25) is 0 Å². The lowest BCUT2D eigenvalue weighted by atomic mass is 10.00. The molecule has 0 N–H and O–H groups in total. The standard InChI is InChI=1S/C9H15NO2/c1-2-12-9(11)8-7-3-5-10(8)6-4-7/h7-8H,2-6H2,1H3/t8-/m0/s1. The summed E-state index contributed by atoms with van der Waals surface area (Å²) in [6.45, 7) is 4.56. The first-order chi connectivity index (χ1) is 5.83. The van der Waals surface area contributed by atoms with E-state index in [1.54, 1.807) is 0 Å². The van der Waals surface area contributed by atoms with E-state index >= 15 is 0 Å². The lowest BCUT2D eigenvalue weighted by molar-refractivity contribution is -0.148. The van der Waals surface area contributed by atoms with E-state index in [4.69, 9.17) is 4.74 Å². The van der Waals surface area contributed by atoms with Crippen LogP contribution in [-0.4, -0.2) is 36.6 Å². The first kappa shape index (κ1) is 8.05. The second-order valence-corrected chi connectivity index (χ2v) is 3.57. The molecule has 3 nitrogen and oxygen atoms in total. The highest BCUT2D eigenvalue weighted by atomic mass is 16.5. The highest BCUT2D eigenvalue weighted by Crippen LogP contribution is 2.34. The molecule has 0 aromatic carbocycles. The number of fused-ring (bicyclic) bond motifs is 2. The van der Waals surface area contributed by atoms with E-state index < -0.39 is 0 Å². The van der Waals surface area contributed by atoms with Crippen LogP contribution in [0.1, 0.15) is 19.8 Å². The Balaban J connectivity index is 2.00. The first-order valence-corrected chi connectivity index (χ1v) is 4.73. The van der Waals surface area contributed by atoms with Crippen LogP contribution >= 0.6 is 0 Å². The summed E-state index contributed by atoms with van der Waals surface area (Å²) in [4.78, 5) is 13.7. The second-order valence-electron chi connectivity index (χ2n) is 3.57. The van der Waals surface area contributed by atoms with Crippen LogP contribution in [0.4, 0.5) is 0 Å². The molecular formula is C9H15NO2. The van der Waals surface area contributed by atoms with Gasteiger partial charge in [0.15, 0.2) is 0 Å². The van der Waals surface area contributed by atoms with E-state index in [1.165, 1.54) is 12.8 Å². The van der Waals surface area contributed by atoms with Gasteiger partial charge in [-0.2, -0.15) is 0 Å². The van der Waals surface area contributed by atoms with E-state index in [-0.39, 0.29) is 12.0 Å². The Hall–Kier alpha value is -0.570. The van der Waals surface area contributed by atoms with E-state index in [1.807, 2.05) is 6.92 Å². The number of ether oxygens (including phenoxy) is 1. The smallest absolute Gasteiger partial charge is 0.323 e. The van der Waals surface area contributed by atoms with E-state index in [9.17, 15) is 4.79 Å². The topological polar surface area (TPSA) is 29.5 Å². The third kappa shape index (κ3) is 1.12. The lowest BCUT2D eigenvalue weighted by Crippen LogP contribution is -2.34. The molecule has 2 rings (SSSR count). The molecule has 12 heavy (non-hydrogen) atoms. The number of carbonyl (C=O) groups is 1. The van der Waals surface area contributed by atoms with Crippen molar-refractivity contribution in [2.75, 3.05) is 19.7 Å². The molecular weight excluding hydrogens is 154 g/mol. The van der Waals surface area contributed by atoms with Crippen molar-refractivity contribution in [1.29, 1.82) is 0 Å². The average Bonchev–Trinajstić information content (AvgIpc) is 2.62. The molecule has 2 saturated heterocycles. The van der Waals surface area contributed by atoms with Gasteiger partial charge in [-0.15, -0.1) is 0 Å². The van der Waals surface area contributed by atoms with Gasteiger partial charge in [0.1, 0.15) is 6.04 Å². The molecule has 0 amide bonds. The number of nitrogens with zero attached hydrogens (tertiary/aromatic N) is 1. The molecule has 2 aliphatic heterocycles. The van der Waals surface area contributed by atoms with E-state index in [0.717, 1.165) is 13.1 Å². The van der Waals surface area contributed by atoms with Gasteiger partial charge in [-0.25, -0.2) is 0 Å². The Morgan fingerprint density at radius 1 is 1.50 bits per heavy atom. The zero-order valence-electron chi connectivity index (χ0n) is 7.45. The maximum Gasteiger partial charge on any atom is 0.323 e. The van der Waals surface area contributed by atoms with Gasteiger partial charge in [0.25, 0.3) is 0 Å². The van der Waals surface area contributed by atoms with Gasteiger partial charge in [0.05, 0.1) is 6.61 Å². The third-order valence-electron chi connectivity index (χ3n) is 2.94. The molecule has 0 saturated carbocycles. The quantitative estimate of drug-likeness (QED) is 0.568.